The van der Waals surface area contributed by atoms with E-state index in [1.807, 2.05) is 19.1 Å². The van der Waals surface area contributed by atoms with Crippen LogP contribution in [0.1, 0.15) is 6.92 Å². The molecule has 2 N–H and O–H groups in total. The summed E-state index contributed by atoms with van der Waals surface area (Å²) in [6.07, 6.45) is 3.00. The Morgan fingerprint density at radius 2 is 1.95 bits per heavy atom. The van der Waals surface area contributed by atoms with Crippen LogP contribution < -0.4 is 5.73 Å². The molecule has 0 aliphatic rings. The Bertz CT molecular complexity index is 818. The Labute approximate surface area is 133 Å². The molecule has 1 aromatic heterocycles. The fourth-order valence-electron chi connectivity index (χ4n) is 2.06. The van der Waals surface area contributed by atoms with Crippen molar-refractivity contribution in [2.45, 2.75) is 6.92 Å². The average Bonchev–Trinajstić information content (AvgIpc) is 2.49. The van der Waals surface area contributed by atoms with E-state index in [-0.39, 0.29) is 11.3 Å². The van der Waals surface area contributed by atoms with Crippen molar-refractivity contribution in [1.82, 2.24) is 9.97 Å². The second-order valence-electron chi connectivity index (χ2n) is 4.50. The first kappa shape index (κ1) is 15.9. The van der Waals surface area contributed by atoms with Gasteiger partial charge in [0.25, 0.3) is 0 Å². The van der Waals surface area contributed by atoms with E-state index in [1.165, 1.54) is 12.4 Å². The topological polar surface area (TPSA) is 51.8 Å². The van der Waals surface area contributed by atoms with E-state index >= 15 is 0 Å². The van der Waals surface area contributed by atoms with Gasteiger partial charge in [-0.1, -0.05) is 35.9 Å². The third-order valence-electron chi connectivity index (χ3n) is 2.90. The van der Waals surface area contributed by atoms with Crippen molar-refractivity contribution in [1.29, 1.82) is 0 Å². The van der Waals surface area contributed by atoms with Crippen LogP contribution in [0.5, 0.6) is 0 Å². The van der Waals surface area contributed by atoms with Crippen LogP contribution in [0.25, 0.3) is 22.0 Å². The fourth-order valence-corrected chi connectivity index (χ4v) is 2.25. The zero-order chi connectivity index (χ0) is 16.1. The molecule has 0 fully saturated rings. The van der Waals surface area contributed by atoms with Crippen LogP contribution in [0, 0.1) is 5.82 Å². The Balaban J connectivity index is 0.000000545. The Morgan fingerprint density at radius 1 is 1.23 bits per heavy atom. The smallest absolute Gasteiger partial charge is 0.149 e. The summed E-state index contributed by atoms with van der Waals surface area (Å²) in [5, 5.41) is 1.11. The molecule has 0 saturated carbocycles. The number of hydrogen-bond donors (Lipinski definition) is 1. The summed E-state index contributed by atoms with van der Waals surface area (Å²) in [6, 6.07) is 10.3. The van der Waals surface area contributed by atoms with Crippen molar-refractivity contribution in [3.8, 4) is 11.1 Å². The zero-order valence-electron chi connectivity index (χ0n) is 12.1. The lowest BCUT2D eigenvalue weighted by molar-refractivity contribution is 0.636. The highest BCUT2D eigenvalue weighted by Gasteiger charge is 2.12. The van der Waals surface area contributed by atoms with Crippen LogP contribution in [0.15, 0.2) is 55.4 Å². The van der Waals surface area contributed by atoms with Gasteiger partial charge in [0.1, 0.15) is 23.5 Å². The number of nitrogens with two attached hydrogens (primary N) is 1. The number of allylic oxidation sites excluding steroid dienone is 1. The van der Waals surface area contributed by atoms with E-state index in [4.69, 9.17) is 17.3 Å². The molecular weight excluding hydrogens is 301 g/mol. The van der Waals surface area contributed by atoms with Crippen LogP contribution in [0.4, 0.5) is 10.2 Å². The molecule has 0 bridgehead atoms. The first-order valence-corrected chi connectivity index (χ1v) is 6.98. The van der Waals surface area contributed by atoms with Crippen molar-refractivity contribution in [2.75, 3.05) is 5.73 Å². The van der Waals surface area contributed by atoms with E-state index in [0.717, 1.165) is 11.1 Å². The van der Waals surface area contributed by atoms with E-state index in [1.54, 1.807) is 24.3 Å². The minimum absolute atomic E-state index is 0.213. The lowest BCUT2D eigenvalue weighted by Gasteiger charge is -2.09. The van der Waals surface area contributed by atoms with Crippen LogP contribution in [-0.2, 0) is 0 Å². The van der Waals surface area contributed by atoms with E-state index in [0.29, 0.717) is 10.4 Å². The lowest BCUT2D eigenvalue weighted by Crippen LogP contribution is -1.97. The fraction of sp³-hybridized carbons (Fsp3) is 0.0588. The van der Waals surface area contributed by atoms with Gasteiger partial charge in [0.2, 0.25) is 0 Å². The number of halogens is 2. The highest BCUT2D eigenvalue weighted by Crippen LogP contribution is 2.32. The molecular formula is C17H15ClFN3. The second kappa shape index (κ2) is 7.00. The summed E-state index contributed by atoms with van der Waals surface area (Å²) >= 11 is 5.98. The van der Waals surface area contributed by atoms with Gasteiger partial charge in [-0.3, -0.25) is 0 Å². The number of hydrogen-bond acceptors (Lipinski definition) is 3. The monoisotopic (exact) mass is 315 g/mol. The molecule has 0 saturated heterocycles. The Kier molecular flexibility index (Phi) is 5.07. The lowest BCUT2D eigenvalue weighted by atomic mass is 10.0. The van der Waals surface area contributed by atoms with Gasteiger partial charge in [-0.15, -0.1) is 6.58 Å². The predicted molar refractivity (Wildman–Crippen MR) is 90.2 cm³/mol. The first-order valence-electron chi connectivity index (χ1n) is 6.60. The van der Waals surface area contributed by atoms with Crippen molar-refractivity contribution < 1.29 is 4.39 Å². The van der Waals surface area contributed by atoms with E-state index in [9.17, 15) is 4.39 Å². The highest BCUT2D eigenvalue weighted by molar-refractivity contribution is 6.30. The molecule has 0 radical (unpaired) electrons. The van der Waals surface area contributed by atoms with Gasteiger partial charge in [0.15, 0.2) is 0 Å². The molecule has 22 heavy (non-hydrogen) atoms. The largest absolute Gasteiger partial charge is 0.383 e. The van der Waals surface area contributed by atoms with Crippen molar-refractivity contribution >= 4 is 28.3 Å². The molecule has 3 rings (SSSR count). The SMILES string of the molecule is C=CC.Nc1ncnc2c(F)ccc(-c3cccc(Cl)c3)c12. The van der Waals surface area contributed by atoms with Gasteiger partial charge in [-0.2, -0.15) is 0 Å². The van der Waals surface area contributed by atoms with Gasteiger partial charge < -0.3 is 5.73 Å². The molecule has 2 aromatic carbocycles. The number of nitrogen functional groups attached to an aromatic ring is 1. The number of benzene rings is 2. The summed E-state index contributed by atoms with van der Waals surface area (Å²) in [7, 11) is 0. The summed E-state index contributed by atoms with van der Waals surface area (Å²) in [6.45, 7) is 5.25. The maximum atomic E-state index is 13.8. The maximum Gasteiger partial charge on any atom is 0.149 e. The standard InChI is InChI=1S/C14H9ClFN3.C3H6/c15-9-3-1-2-8(6-9)10-4-5-11(16)13-12(10)14(17)19-7-18-13;1-3-2/h1-7H,(H2,17,18,19);3H,1H2,2H3. The van der Waals surface area contributed by atoms with Gasteiger partial charge >= 0.3 is 0 Å². The summed E-state index contributed by atoms with van der Waals surface area (Å²) < 4.78 is 13.8. The molecule has 3 aromatic rings. The molecule has 0 atom stereocenters. The molecule has 0 aliphatic carbocycles. The van der Waals surface area contributed by atoms with E-state index < -0.39 is 5.82 Å². The normalized spacial score (nSPS) is 9.95. The Hall–Kier alpha value is -2.46. The van der Waals surface area contributed by atoms with Crippen LogP contribution in [0.3, 0.4) is 0 Å². The van der Waals surface area contributed by atoms with Crippen molar-refractivity contribution in [3.63, 3.8) is 0 Å². The van der Waals surface area contributed by atoms with Crippen LogP contribution in [0.2, 0.25) is 5.02 Å². The molecule has 1 heterocycles. The van der Waals surface area contributed by atoms with Crippen molar-refractivity contribution in [3.05, 3.63) is 66.2 Å². The third-order valence-corrected chi connectivity index (χ3v) is 3.14. The predicted octanol–water partition coefficient (Wildman–Crippen LogP) is 4.86. The molecule has 0 amide bonds. The number of anilines is 1. The van der Waals surface area contributed by atoms with E-state index in [2.05, 4.69) is 16.5 Å². The molecule has 112 valence electrons. The summed E-state index contributed by atoms with van der Waals surface area (Å²) in [5.41, 5.74) is 7.67. The Morgan fingerprint density at radius 3 is 2.64 bits per heavy atom. The molecule has 0 spiro atoms. The number of fused-ring (bicyclic) bond motifs is 1. The number of nitrogens with zero attached hydrogens (tertiary/aromatic N) is 2. The number of rotatable bonds is 1. The second-order valence-corrected chi connectivity index (χ2v) is 4.93. The summed E-state index contributed by atoms with van der Waals surface area (Å²) in [5.74, 6) is -0.172. The van der Waals surface area contributed by atoms with Gasteiger partial charge in [0, 0.05) is 5.02 Å². The number of aromatic nitrogens is 2. The van der Waals surface area contributed by atoms with Crippen molar-refractivity contribution in [2.24, 2.45) is 0 Å². The minimum Gasteiger partial charge on any atom is -0.383 e. The van der Waals surface area contributed by atoms with Gasteiger partial charge in [-0.05, 0) is 36.2 Å². The van der Waals surface area contributed by atoms with Gasteiger partial charge in [-0.25, -0.2) is 14.4 Å². The maximum absolute atomic E-state index is 13.8. The zero-order valence-corrected chi connectivity index (χ0v) is 12.8. The summed E-state index contributed by atoms with van der Waals surface area (Å²) in [4.78, 5) is 7.88. The molecule has 3 nitrogen and oxygen atoms in total. The molecule has 0 unspecified atom stereocenters. The first-order chi connectivity index (χ1) is 10.6. The van der Waals surface area contributed by atoms with Crippen LogP contribution >= 0.6 is 11.6 Å². The molecule has 0 aliphatic heterocycles. The highest BCUT2D eigenvalue weighted by atomic mass is 35.5. The average molecular weight is 316 g/mol. The molecule has 5 heteroatoms. The van der Waals surface area contributed by atoms with Crippen LogP contribution in [-0.4, -0.2) is 9.97 Å². The quantitative estimate of drug-likeness (QED) is 0.652. The third kappa shape index (κ3) is 3.23. The minimum atomic E-state index is -0.421. The van der Waals surface area contributed by atoms with Gasteiger partial charge in [0.05, 0.1) is 5.39 Å².